The first-order valence-electron chi connectivity index (χ1n) is 24.1. The summed E-state index contributed by atoms with van der Waals surface area (Å²) in [4.78, 5) is 2.48. The zero-order valence-electron chi connectivity index (χ0n) is 38.2. The molecule has 71 heavy (non-hydrogen) atoms. The van der Waals surface area contributed by atoms with Gasteiger partial charge in [-0.2, -0.15) is 0 Å². The monoisotopic (exact) mass is 956 g/mol. The Bertz CT molecular complexity index is 4380. The summed E-state index contributed by atoms with van der Waals surface area (Å²) in [5.74, 6) is 0. The molecule has 0 unspecified atom stereocenters. The number of anilines is 3. The molecule has 332 valence electrons. The molecular formula is C66H40N2S3. The van der Waals surface area contributed by atoms with Gasteiger partial charge in [-0.05, 0) is 89.0 Å². The first-order chi connectivity index (χ1) is 35.2. The van der Waals surface area contributed by atoms with Crippen LogP contribution in [-0.4, -0.2) is 4.57 Å². The Labute approximate surface area is 421 Å². The van der Waals surface area contributed by atoms with Crippen molar-refractivity contribution >= 4 is 133 Å². The van der Waals surface area contributed by atoms with Crippen molar-refractivity contribution < 1.29 is 0 Å². The van der Waals surface area contributed by atoms with E-state index in [-0.39, 0.29) is 0 Å². The van der Waals surface area contributed by atoms with Gasteiger partial charge in [0.1, 0.15) is 0 Å². The number of aromatic nitrogens is 1. The second kappa shape index (κ2) is 16.1. The van der Waals surface area contributed by atoms with Gasteiger partial charge >= 0.3 is 0 Å². The fourth-order valence-corrected chi connectivity index (χ4v) is 15.0. The Morgan fingerprint density at radius 2 is 0.704 bits per heavy atom. The summed E-state index contributed by atoms with van der Waals surface area (Å²) in [6, 6.07) is 89.8. The van der Waals surface area contributed by atoms with E-state index in [1.807, 2.05) is 34.0 Å². The molecule has 0 aliphatic heterocycles. The molecule has 4 heterocycles. The summed E-state index contributed by atoms with van der Waals surface area (Å²) >= 11 is 5.65. The van der Waals surface area contributed by atoms with Gasteiger partial charge in [0.05, 0.1) is 22.4 Å². The van der Waals surface area contributed by atoms with Crippen LogP contribution in [0.5, 0.6) is 0 Å². The van der Waals surface area contributed by atoms with Crippen molar-refractivity contribution in [2.45, 2.75) is 0 Å². The average Bonchev–Trinajstić information content (AvgIpc) is 4.21. The molecule has 0 aliphatic rings. The minimum atomic E-state index is 1.10. The van der Waals surface area contributed by atoms with Crippen molar-refractivity contribution in [2.75, 3.05) is 4.90 Å². The smallest absolute Gasteiger partial charge is 0.0555 e. The number of rotatable bonds is 7. The molecule has 0 fully saturated rings. The lowest BCUT2D eigenvalue weighted by atomic mass is 9.98. The molecule has 0 atom stereocenters. The van der Waals surface area contributed by atoms with Gasteiger partial charge in [0.25, 0.3) is 0 Å². The summed E-state index contributed by atoms with van der Waals surface area (Å²) < 4.78 is 10.3. The molecule has 0 N–H and O–H groups in total. The van der Waals surface area contributed by atoms with E-state index in [1.165, 1.54) is 121 Å². The van der Waals surface area contributed by atoms with Crippen molar-refractivity contribution in [3.8, 4) is 39.1 Å². The Hall–Kier alpha value is -8.32. The van der Waals surface area contributed by atoms with Gasteiger partial charge in [0.2, 0.25) is 0 Å². The number of thiophene rings is 3. The van der Waals surface area contributed by atoms with Crippen LogP contribution in [0.3, 0.4) is 0 Å². The predicted octanol–water partition coefficient (Wildman–Crippen LogP) is 20.4. The minimum absolute atomic E-state index is 1.10. The third kappa shape index (κ3) is 6.30. The molecule has 0 saturated heterocycles. The van der Waals surface area contributed by atoms with Crippen molar-refractivity contribution in [3.63, 3.8) is 0 Å². The standard InChI is InChI=1S/C66H40N2S3/c1-7-25-56-47(15-1)48-16-2-8-26-57(48)68(56)58-27-9-3-17-49(58)54-39-40-59(63-55-20-6-12-30-62(55)71-66(54)63)67(43-35-31-41(32-36-43)45-21-13-23-52-50-18-4-10-28-60(50)69-64(45)52)44-37-33-42(34-38-44)46-22-14-24-53-51-19-5-11-29-61(51)70-65(46)53/h1-40H. The molecule has 0 aliphatic carbocycles. The average molecular weight is 957 g/mol. The van der Waals surface area contributed by atoms with Crippen LogP contribution < -0.4 is 4.90 Å². The zero-order valence-corrected chi connectivity index (χ0v) is 40.7. The molecule has 5 heteroatoms. The van der Waals surface area contributed by atoms with Crippen LogP contribution in [-0.2, 0) is 0 Å². The normalized spacial score (nSPS) is 11.9. The van der Waals surface area contributed by atoms with Crippen molar-refractivity contribution in [2.24, 2.45) is 0 Å². The molecule has 0 radical (unpaired) electrons. The first kappa shape index (κ1) is 40.6. The summed E-state index contributed by atoms with van der Waals surface area (Å²) in [7, 11) is 0. The van der Waals surface area contributed by atoms with E-state index in [0.717, 1.165) is 17.1 Å². The van der Waals surface area contributed by atoms with Gasteiger partial charge < -0.3 is 9.47 Å². The lowest BCUT2D eigenvalue weighted by Gasteiger charge is -2.27. The number of nitrogens with zero attached hydrogens (tertiary/aromatic N) is 2. The van der Waals surface area contributed by atoms with E-state index >= 15 is 0 Å². The Kier molecular flexibility index (Phi) is 9.21. The molecule has 4 aromatic heterocycles. The fourth-order valence-electron chi connectivity index (χ4n) is 11.2. The van der Waals surface area contributed by atoms with E-state index in [1.54, 1.807) is 0 Å². The van der Waals surface area contributed by atoms with E-state index in [0.29, 0.717) is 0 Å². The molecule has 0 bridgehead atoms. The van der Waals surface area contributed by atoms with Crippen molar-refractivity contribution in [1.29, 1.82) is 0 Å². The van der Waals surface area contributed by atoms with Crippen LogP contribution in [0.4, 0.5) is 17.1 Å². The summed E-state index contributed by atoms with van der Waals surface area (Å²) in [5.41, 5.74) is 14.3. The van der Waals surface area contributed by atoms with Crippen LogP contribution in [0.1, 0.15) is 0 Å². The largest absolute Gasteiger partial charge is 0.310 e. The number of hydrogen-bond donors (Lipinski definition) is 0. The van der Waals surface area contributed by atoms with Crippen LogP contribution in [0.25, 0.3) is 121 Å². The third-order valence-electron chi connectivity index (χ3n) is 14.4. The molecule has 15 aromatic rings. The maximum atomic E-state index is 2.48. The minimum Gasteiger partial charge on any atom is -0.310 e. The Balaban J connectivity index is 0.934. The SMILES string of the molecule is c1ccc(-n2c3ccccc3c3ccccc32)c(-c2ccc(N(c3ccc(-c4cccc5c4sc4ccccc45)cc3)c3ccc(-c4cccc5c4sc4ccccc45)cc3)c3c2sc2ccccc23)c1. The maximum absolute atomic E-state index is 2.48. The molecule has 0 amide bonds. The number of benzene rings is 11. The van der Waals surface area contributed by atoms with E-state index in [2.05, 4.69) is 252 Å². The molecule has 11 aromatic carbocycles. The van der Waals surface area contributed by atoms with E-state index in [4.69, 9.17) is 0 Å². The maximum Gasteiger partial charge on any atom is 0.0555 e. The molecule has 0 spiro atoms. The number of para-hydroxylation sites is 3. The Morgan fingerprint density at radius 1 is 0.282 bits per heavy atom. The highest BCUT2D eigenvalue weighted by Crippen LogP contribution is 2.51. The van der Waals surface area contributed by atoms with Gasteiger partial charge in [-0.1, -0.05) is 176 Å². The van der Waals surface area contributed by atoms with Gasteiger partial charge in [-0.15, -0.1) is 34.0 Å². The van der Waals surface area contributed by atoms with Gasteiger partial charge in [0, 0.05) is 93.8 Å². The highest BCUT2D eigenvalue weighted by molar-refractivity contribution is 7.27. The van der Waals surface area contributed by atoms with Crippen molar-refractivity contribution in [3.05, 3.63) is 243 Å². The van der Waals surface area contributed by atoms with Crippen molar-refractivity contribution in [1.82, 2.24) is 4.57 Å². The number of fused-ring (bicyclic) bond motifs is 12. The quantitative estimate of drug-likeness (QED) is 0.155. The van der Waals surface area contributed by atoms with Crippen LogP contribution in [0, 0.1) is 0 Å². The number of hydrogen-bond acceptors (Lipinski definition) is 4. The van der Waals surface area contributed by atoms with Crippen LogP contribution >= 0.6 is 34.0 Å². The van der Waals surface area contributed by atoms with Gasteiger partial charge in [-0.25, -0.2) is 0 Å². The second-order valence-electron chi connectivity index (χ2n) is 18.3. The highest BCUT2D eigenvalue weighted by atomic mass is 32.1. The summed E-state index contributed by atoms with van der Waals surface area (Å²) in [6.45, 7) is 0. The molecular weight excluding hydrogens is 917 g/mol. The van der Waals surface area contributed by atoms with Crippen LogP contribution in [0.15, 0.2) is 243 Å². The van der Waals surface area contributed by atoms with E-state index in [9.17, 15) is 0 Å². The van der Waals surface area contributed by atoms with Gasteiger partial charge in [0.15, 0.2) is 0 Å². The predicted molar refractivity (Wildman–Crippen MR) is 310 cm³/mol. The molecule has 0 saturated carbocycles. The molecule has 15 rings (SSSR count). The Morgan fingerprint density at radius 3 is 1.27 bits per heavy atom. The van der Waals surface area contributed by atoms with Gasteiger partial charge in [-0.3, -0.25) is 0 Å². The van der Waals surface area contributed by atoms with E-state index < -0.39 is 0 Å². The third-order valence-corrected chi connectivity index (χ3v) is 18.1. The molecule has 2 nitrogen and oxygen atoms in total. The fraction of sp³-hybridized carbons (Fsp3) is 0. The summed E-state index contributed by atoms with van der Waals surface area (Å²) in [6.07, 6.45) is 0. The van der Waals surface area contributed by atoms with Crippen LogP contribution in [0.2, 0.25) is 0 Å². The highest BCUT2D eigenvalue weighted by Gasteiger charge is 2.24. The second-order valence-corrected chi connectivity index (χ2v) is 21.5. The lowest BCUT2D eigenvalue weighted by molar-refractivity contribution is 1.18. The summed E-state index contributed by atoms with van der Waals surface area (Å²) in [5, 5.41) is 10.3. The first-order valence-corrected chi connectivity index (χ1v) is 26.5. The zero-order chi connectivity index (χ0) is 46.6. The topological polar surface area (TPSA) is 8.17 Å². The lowest BCUT2D eigenvalue weighted by Crippen LogP contribution is -2.10.